The number of halogens is 2. The average molecular weight is 308 g/mol. The molecule has 0 aliphatic carbocycles. The zero-order valence-electron chi connectivity index (χ0n) is 10.8. The average Bonchev–Trinajstić information content (AvgIpc) is 2.45. The Morgan fingerprint density at radius 1 is 1.10 bits per heavy atom. The van der Waals surface area contributed by atoms with Crippen molar-refractivity contribution in [1.29, 1.82) is 0 Å². The third-order valence-electron chi connectivity index (χ3n) is 2.75. The maximum Gasteiger partial charge on any atom is 0.343 e. The molecule has 2 rings (SSSR count). The van der Waals surface area contributed by atoms with Crippen LogP contribution < -0.4 is 5.73 Å². The zero-order valence-corrected chi connectivity index (χ0v) is 11.5. The molecule has 108 valence electrons. The summed E-state index contributed by atoms with van der Waals surface area (Å²) >= 11 is 5.78. The van der Waals surface area contributed by atoms with E-state index < -0.39 is 29.4 Å². The molecule has 0 fully saturated rings. The van der Waals surface area contributed by atoms with E-state index in [1.165, 1.54) is 12.1 Å². The minimum absolute atomic E-state index is 0.101. The first-order valence-electron chi connectivity index (χ1n) is 6.00. The van der Waals surface area contributed by atoms with Gasteiger partial charge in [-0.05, 0) is 12.1 Å². The van der Waals surface area contributed by atoms with E-state index in [0.29, 0.717) is 5.56 Å². The molecule has 0 aliphatic heterocycles. The molecule has 0 aromatic heterocycles. The lowest BCUT2D eigenvalue weighted by Gasteiger charge is -2.15. The Morgan fingerprint density at radius 3 is 2.33 bits per heavy atom. The van der Waals surface area contributed by atoms with Gasteiger partial charge in [0.2, 0.25) is 6.10 Å². The summed E-state index contributed by atoms with van der Waals surface area (Å²) in [4.78, 5) is 23.5. The van der Waals surface area contributed by atoms with Crippen LogP contribution in [0.15, 0.2) is 48.5 Å². The van der Waals surface area contributed by atoms with Crippen LogP contribution in [0.2, 0.25) is 5.02 Å². The molecular formula is C15H11ClFNO3. The summed E-state index contributed by atoms with van der Waals surface area (Å²) in [6.45, 7) is 0. The molecule has 0 bridgehead atoms. The summed E-state index contributed by atoms with van der Waals surface area (Å²) in [6.07, 6.45) is -1.31. The van der Waals surface area contributed by atoms with Crippen molar-refractivity contribution in [3.8, 4) is 0 Å². The lowest BCUT2D eigenvalue weighted by atomic mass is 10.1. The number of benzene rings is 2. The molecule has 6 heteroatoms. The van der Waals surface area contributed by atoms with Crippen LogP contribution in [0.25, 0.3) is 0 Å². The van der Waals surface area contributed by atoms with E-state index in [1.807, 2.05) is 0 Å². The number of primary amides is 1. The predicted octanol–water partition coefficient (Wildman–Crippen LogP) is 2.86. The number of amides is 1. The van der Waals surface area contributed by atoms with Gasteiger partial charge in [0.15, 0.2) is 0 Å². The second-order valence-electron chi connectivity index (χ2n) is 4.20. The third kappa shape index (κ3) is 3.38. The molecule has 0 radical (unpaired) electrons. The summed E-state index contributed by atoms with van der Waals surface area (Å²) in [5, 5.41) is -0.101. The van der Waals surface area contributed by atoms with Crippen LogP contribution in [0.1, 0.15) is 22.0 Å². The number of rotatable bonds is 4. The quantitative estimate of drug-likeness (QED) is 0.883. The molecule has 0 saturated carbocycles. The van der Waals surface area contributed by atoms with Crippen molar-refractivity contribution in [2.24, 2.45) is 5.73 Å². The Kier molecular flexibility index (Phi) is 4.55. The van der Waals surface area contributed by atoms with Crippen LogP contribution >= 0.6 is 11.6 Å². The number of hydrogen-bond acceptors (Lipinski definition) is 3. The first kappa shape index (κ1) is 15.0. The van der Waals surface area contributed by atoms with Crippen molar-refractivity contribution in [2.75, 3.05) is 0 Å². The Labute approximate surface area is 125 Å². The van der Waals surface area contributed by atoms with Gasteiger partial charge < -0.3 is 10.5 Å². The van der Waals surface area contributed by atoms with E-state index in [1.54, 1.807) is 30.3 Å². The summed E-state index contributed by atoms with van der Waals surface area (Å²) in [5.74, 6) is -2.74. The molecule has 1 atom stereocenters. The molecule has 0 heterocycles. The normalized spacial score (nSPS) is 11.7. The molecule has 1 amide bonds. The van der Waals surface area contributed by atoms with E-state index in [9.17, 15) is 14.0 Å². The van der Waals surface area contributed by atoms with E-state index in [4.69, 9.17) is 22.1 Å². The van der Waals surface area contributed by atoms with Crippen LogP contribution in [0.4, 0.5) is 4.39 Å². The molecule has 0 saturated heterocycles. The number of carbonyl (C=O) groups excluding carboxylic acids is 2. The first-order chi connectivity index (χ1) is 10.0. The van der Waals surface area contributed by atoms with Gasteiger partial charge in [0, 0.05) is 5.56 Å². The molecule has 0 unspecified atom stereocenters. The number of nitrogens with two attached hydrogens (primary N) is 1. The second-order valence-corrected chi connectivity index (χ2v) is 4.60. The standard InChI is InChI=1S/C15H11ClFNO3/c16-10-7-4-8-11(17)12(10)15(20)21-13(14(18)19)9-5-2-1-3-6-9/h1-8,13H,(H2,18,19)/t13-/m1/s1. The Bertz CT molecular complexity index is 656. The van der Waals surface area contributed by atoms with Gasteiger partial charge in [-0.2, -0.15) is 0 Å². The van der Waals surface area contributed by atoms with Crippen molar-refractivity contribution in [3.05, 3.63) is 70.5 Å². The lowest BCUT2D eigenvalue weighted by molar-refractivity contribution is -0.127. The topological polar surface area (TPSA) is 69.4 Å². The van der Waals surface area contributed by atoms with Gasteiger partial charge in [0.25, 0.3) is 5.91 Å². The molecule has 4 nitrogen and oxygen atoms in total. The Balaban J connectivity index is 2.30. The van der Waals surface area contributed by atoms with Crippen LogP contribution in [0, 0.1) is 5.82 Å². The summed E-state index contributed by atoms with van der Waals surface area (Å²) in [7, 11) is 0. The minimum Gasteiger partial charge on any atom is -0.444 e. The predicted molar refractivity (Wildman–Crippen MR) is 75.2 cm³/mol. The summed E-state index contributed by atoms with van der Waals surface area (Å²) in [6, 6.07) is 12.0. The SMILES string of the molecule is NC(=O)[C@H](OC(=O)c1c(F)cccc1Cl)c1ccccc1. The molecule has 2 aromatic carbocycles. The third-order valence-corrected chi connectivity index (χ3v) is 3.07. The fraction of sp³-hybridized carbons (Fsp3) is 0.0667. The highest BCUT2D eigenvalue weighted by atomic mass is 35.5. The van der Waals surface area contributed by atoms with Gasteiger partial charge in [0.05, 0.1) is 5.02 Å². The van der Waals surface area contributed by atoms with Crippen LogP contribution in [-0.2, 0) is 9.53 Å². The highest BCUT2D eigenvalue weighted by Crippen LogP contribution is 2.24. The van der Waals surface area contributed by atoms with Gasteiger partial charge in [-0.1, -0.05) is 48.0 Å². The number of hydrogen-bond donors (Lipinski definition) is 1. The Morgan fingerprint density at radius 2 is 1.76 bits per heavy atom. The zero-order chi connectivity index (χ0) is 15.4. The second kappa shape index (κ2) is 6.37. The monoisotopic (exact) mass is 307 g/mol. The smallest absolute Gasteiger partial charge is 0.343 e. The molecule has 21 heavy (non-hydrogen) atoms. The minimum atomic E-state index is -1.31. The van der Waals surface area contributed by atoms with Crippen LogP contribution in [0.3, 0.4) is 0 Å². The van der Waals surface area contributed by atoms with E-state index in [-0.39, 0.29) is 5.02 Å². The molecule has 0 aliphatic rings. The van der Waals surface area contributed by atoms with Crippen molar-refractivity contribution in [1.82, 2.24) is 0 Å². The summed E-state index contributed by atoms with van der Waals surface area (Å²) < 4.78 is 18.7. The van der Waals surface area contributed by atoms with Gasteiger partial charge in [-0.15, -0.1) is 0 Å². The van der Waals surface area contributed by atoms with Crippen molar-refractivity contribution < 1.29 is 18.7 Å². The number of ether oxygens (including phenoxy) is 1. The van der Waals surface area contributed by atoms with Crippen LogP contribution in [0.5, 0.6) is 0 Å². The van der Waals surface area contributed by atoms with E-state index in [2.05, 4.69) is 0 Å². The fourth-order valence-corrected chi connectivity index (χ4v) is 2.02. The van der Waals surface area contributed by atoms with E-state index >= 15 is 0 Å². The number of esters is 1. The first-order valence-corrected chi connectivity index (χ1v) is 6.37. The highest BCUT2D eigenvalue weighted by Gasteiger charge is 2.26. The van der Waals surface area contributed by atoms with Gasteiger partial charge in [0.1, 0.15) is 11.4 Å². The van der Waals surface area contributed by atoms with Gasteiger partial charge in [-0.3, -0.25) is 4.79 Å². The lowest BCUT2D eigenvalue weighted by Crippen LogP contribution is -2.26. The maximum absolute atomic E-state index is 13.7. The molecular weight excluding hydrogens is 297 g/mol. The maximum atomic E-state index is 13.7. The fourth-order valence-electron chi connectivity index (χ4n) is 1.78. The highest BCUT2D eigenvalue weighted by molar-refractivity contribution is 6.33. The van der Waals surface area contributed by atoms with Gasteiger partial charge >= 0.3 is 5.97 Å². The molecule has 2 aromatic rings. The van der Waals surface area contributed by atoms with E-state index in [0.717, 1.165) is 6.07 Å². The molecule has 0 spiro atoms. The largest absolute Gasteiger partial charge is 0.444 e. The van der Waals surface area contributed by atoms with Crippen molar-refractivity contribution in [3.63, 3.8) is 0 Å². The number of carbonyl (C=O) groups is 2. The van der Waals surface area contributed by atoms with Gasteiger partial charge in [-0.25, -0.2) is 9.18 Å². The van der Waals surface area contributed by atoms with Crippen molar-refractivity contribution in [2.45, 2.75) is 6.10 Å². The molecule has 2 N–H and O–H groups in total. The summed E-state index contributed by atoms with van der Waals surface area (Å²) in [5.41, 5.74) is 5.19. The van der Waals surface area contributed by atoms with Crippen LogP contribution in [-0.4, -0.2) is 11.9 Å². The Hall–Kier alpha value is -2.40. The van der Waals surface area contributed by atoms with Crippen molar-refractivity contribution >= 4 is 23.5 Å².